The van der Waals surface area contributed by atoms with E-state index in [9.17, 15) is 14.4 Å². The lowest BCUT2D eigenvalue weighted by atomic mass is 10.0. The smallest absolute Gasteiger partial charge is 0.236 e. The van der Waals surface area contributed by atoms with E-state index >= 15 is 0 Å². The number of piperidine rings is 1. The average molecular weight is 598 g/mol. The molecule has 1 amide bonds. The lowest BCUT2D eigenvalue weighted by Gasteiger charge is -2.43. The van der Waals surface area contributed by atoms with Gasteiger partial charge >= 0.3 is 0 Å². The van der Waals surface area contributed by atoms with Crippen molar-refractivity contribution in [2.45, 2.75) is 31.2 Å². The molecule has 1 N–H and O–H groups in total. The van der Waals surface area contributed by atoms with Crippen LogP contribution >= 0.6 is 0 Å². The van der Waals surface area contributed by atoms with Crippen LogP contribution in [0.3, 0.4) is 0 Å². The monoisotopic (exact) mass is 597 g/mol. The van der Waals surface area contributed by atoms with Crippen molar-refractivity contribution in [1.29, 1.82) is 10.5 Å². The number of nitrogens with one attached hydrogen (secondary N) is 1. The number of hydrogen-bond acceptors (Lipinski definition) is 11. The predicted molar refractivity (Wildman–Crippen MR) is 159 cm³/mol. The van der Waals surface area contributed by atoms with Crippen molar-refractivity contribution in [1.82, 2.24) is 24.8 Å². The molecule has 0 aliphatic carbocycles. The summed E-state index contributed by atoms with van der Waals surface area (Å²) in [6, 6.07) is 17.5. The van der Waals surface area contributed by atoms with Gasteiger partial charge in [-0.1, -0.05) is 0 Å². The molecule has 0 bridgehead atoms. The summed E-state index contributed by atoms with van der Waals surface area (Å²) in [5.74, 6) is 0.565. The Hall–Kier alpha value is -4.85. The van der Waals surface area contributed by atoms with Crippen molar-refractivity contribution in [3.8, 4) is 29.3 Å². The summed E-state index contributed by atoms with van der Waals surface area (Å²) >= 11 is 0. The first kappa shape index (κ1) is 29.2. The van der Waals surface area contributed by atoms with Gasteiger partial charge in [-0.2, -0.15) is 15.5 Å². The summed E-state index contributed by atoms with van der Waals surface area (Å²) in [6.07, 6.45) is -0.890. The Balaban J connectivity index is 1.07. The molecule has 13 heteroatoms. The number of aromatic nitrogens is 3. The highest BCUT2D eigenvalue weighted by atomic mass is 19.1. The van der Waals surface area contributed by atoms with Crippen LogP contribution in [0.25, 0.3) is 11.4 Å². The van der Waals surface area contributed by atoms with Crippen molar-refractivity contribution in [3.05, 3.63) is 54.4 Å². The summed E-state index contributed by atoms with van der Waals surface area (Å²) in [6.45, 7) is 5.84. The van der Waals surface area contributed by atoms with E-state index in [2.05, 4.69) is 48.3 Å². The fraction of sp³-hybridized carbons (Fsp3) is 0.419. The lowest BCUT2D eigenvalue weighted by Crippen LogP contribution is -2.56. The van der Waals surface area contributed by atoms with E-state index in [0.29, 0.717) is 23.4 Å². The minimum atomic E-state index is -1.44. The number of piperazine rings is 1. The minimum Gasteiger partial charge on any atom is -0.486 e. The average Bonchev–Trinajstić information content (AvgIpc) is 3.02. The first-order chi connectivity index (χ1) is 21.5. The summed E-state index contributed by atoms with van der Waals surface area (Å²) in [5.41, 5.74) is 2.79. The van der Waals surface area contributed by atoms with Gasteiger partial charge in [-0.15, -0.1) is 0 Å². The Bertz CT molecular complexity index is 1560. The number of halogens is 1. The highest BCUT2D eigenvalue weighted by molar-refractivity contribution is 5.78. The second-order valence-corrected chi connectivity index (χ2v) is 11.0. The van der Waals surface area contributed by atoms with E-state index in [1.54, 1.807) is 24.3 Å². The molecule has 6 rings (SSSR count). The number of anilines is 3. The third-order valence-electron chi connectivity index (χ3n) is 8.21. The minimum absolute atomic E-state index is 0.151. The molecule has 3 fully saturated rings. The normalized spacial score (nSPS) is 20.7. The zero-order chi connectivity index (χ0) is 30.5. The van der Waals surface area contributed by atoms with E-state index in [1.807, 2.05) is 12.1 Å². The summed E-state index contributed by atoms with van der Waals surface area (Å²) < 4.78 is 26.0. The van der Waals surface area contributed by atoms with Crippen molar-refractivity contribution >= 4 is 23.2 Å². The number of benzene rings is 2. The standard InChI is InChI=1S/C31H32FN9O3/c32-26-17-41(29(42)7-9-33)10-8-28(26)44-27-6-1-21(15-22(27)16-34)30-35-20-36-31(38-30)37-23-2-4-24(5-3-23)39-11-13-40(14-12-39)25-18-43-19-25/h1-6,15,20,25-26,28H,7-8,10-14,17-19H2,(H,35,36,37,38)/t26-,28-/m0/s1. The van der Waals surface area contributed by atoms with Gasteiger partial charge < -0.3 is 24.6 Å². The van der Waals surface area contributed by atoms with E-state index in [4.69, 9.17) is 14.7 Å². The lowest BCUT2D eigenvalue weighted by molar-refractivity contribution is -0.134. The number of carbonyl (C=O) groups excluding carboxylic acids is 1. The van der Waals surface area contributed by atoms with Crippen LogP contribution in [-0.4, -0.2) is 101 Å². The van der Waals surface area contributed by atoms with Gasteiger partial charge in [-0.25, -0.2) is 14.4 Å². The van der Waals surface area contributed by atoms with Gasteiger partial charge in [0.2, 0.25) is 11.9 Å². The van der Waals surface area contributed by atoms with E-state index in [-0.39, 0.29) is 37.2 Å². The van der Waals surface area contributed by atoms with Gasteiger partial charge in [0.25, 0.3) is 0 Å². The van der Waals surface area contributed by atoms with Crippen LogP contribution in [-0.2, 0) is 9.53 Å². The van der Waals surface area contributed by atoms with Gasteiger partial charge in [0.05, 0.1) is 37.4 Å². The highest BCUT2D eigenvalue weighted by Crippen LogP contribution is 2.29. The topological polar surface area (TPSA) is 144 Å². The molecule has 1 aromatic heterocycles. The number of carbonyl (C=O) groups is 1. The van der Waals surface area contributed by atoms with Crippen LogP contribution in [0, 0.1) is 22.7 Å². The zero-order valence-electron chi connectivity index (χ0n) is 24.1. The molecule has 44 heavy (non-hydrogen) atoms. The Labute approximate surface area is 254 Å². The third kappa shape index (κ3) is 6.54. The first-order valence-electron chi connectivity index (χ1n) is 14.6. The van der Waals surface area contributed by atoms with Crippen LogP contribution < -0.4 is 15.0 Å². The molecular formula is C31H32FN9O3. The van der Waals surface area contributed by atoms with Gasteiger partial charge in [-0.05, 0) is 42.5 Å². The molecule has 3 aromatic rings. The first-order valence-corrected chi connectivity index (χ1v) is 14.6. The van der Waals surface area contributed by atoms with Crippen molar-refractivity contribution in [3.63, 3.8) is 0 Å². The number of rotatable bonds is 8. The van der Waals surface area contributed by atoms with Crippen molar-refractivity contribution in [2.75, 3.05) is 62.7 Å². The van der Waals surface area contributed by atoms with Crippen LogP contribution in [0.4, 0.5) is 21.7 Å². The summed E-state index contributed by atoms with van der Waals surface area (Å²) in [7, 11) is 0. The molecule has 3 saturated heterocycles. The summed E-state index contributed by atoms with van der Waals surface area (Å²) in [5, 5.41) is 21.7. The quantitative estimate of drug-likeness (QED) is 0.409. The maximum absolute atomic E-state index is 14.8. The Kier molecular flexibility index (Phi) is 8.77. The number of amides is 1. The Morgan fingerprint density at radius 2 is 1.86 bits per heavy atom. The number of nitriles is 2. The second kappa shape index (κ2) is 13.2. The van der Waals surface area contributed by atoms with Gasteiger partial charge in [-0.3, -0.25) is 9.69 Å². The molecule has 3 aliphatic heterocycles. The molecule has 2 aromatic carbocycles. The molecule has 0 radical (unpaired) electrons. The van der Waals surface area contributed by atoms with Gasteiger partial charge in [0.15, 0.2) is 12.0 Å². The third-order valence-corrected chi connectivity index (χ3v) is 8.21. The van der Waals surface area contributed by atoms with Crippen LogP contribution in [0.15, 0.2) is 48.8 Å². The van der Waals surface area contributed by atoms with Crippen LogP contribution in [0.2, 0.25) is 0 Å². The largest absolute Gasteiger partial charge is 0.486 e. The molecule has 0 unspecified atom stereocenters. The zero-order valence-corrected chi connectivity index (χ0v) is 24.1. The Morgan fingerprint density at radius 1 is 1.07 bits per heavy atom. The van der Waals surface area contributed by atoms with Crippen LogP contribution in [0.1, 0.15) is 18.4 Å². The summed E-state index contributed by atoms with van der Waals surface area (Å²) in [4.78, 5) is 31.2. The van der Waals surface area contributed by atoms with Crippen LogP contribution in [0.5, 0.6) is 5.75 Å². The van der Waals surface area contributed by atoms with Crippen molar-refractivity contribution in [2.24, 2.45) is 0 Å². The number of ether oxygens (including phenoxy) is 2. The molecular weight excluding hydrogens is 565 g/mol. The molecule has 0 saturated carbocycles. The fourth-order valence-corrected chi connectivity index (χ4v) is 5.60. The SMILES string of the molecule is N#CCC(=O)N1CC[C@H](Oc2ccc(-c3ncnc(Nc4ccc(N5CCN(C6COC6)CC5)cc4)n3)cc2C#N)[C@@H](F)C1. The molecule has 12 nitrogen and oxygen atoms in total. The van der Waals surface area contributed by atoms with Gasteiger partial charge in [0.1, 0.15) is 30.7 Å². The van der Waals surface area contributed by atoms with E-state index in [1.165, 1.54) is 16.9 Å². The predicted octanol–water partition coefficient (Wildman–Crippen LogP) is 2.91. The molecule has 2 atom stereocenters. The fourth-order valence-electron chi connectivity index (χ4n) is 5.60. The van der Waals surface area contributed by atoms with E-state index in [0.717, 1.165) is 45.1 Å². The Morgan fingerprint density at radius 3 is 2.55 bits per heavy atom. The molecule has 3 aliphatic rings. The number of hydrogen-bond donors (Lipinski definition) is 1. The van der Waals surface area contributed by atoms with Crippen molar-refractivity contribution < 1.29 is 18.7 Å². The molecule has 4 heterocycles. The van der Waals surface area contributed by atoms with E-state index < -0.39 is 18.2 Å². The molecule has 0 spiro atoms. The maximum Gasteiger partial charge on any atom is 0.236 e. The number of likely N-dealkylation sites (tertiary alicyclic amines) is 1. The van der Waals surface area contributed by atoms with Gasteiger partial charge in [0, 0.05) is 56.1 Å². The number of nitrogens with zero attached hydrogens (tertiary/aromatic N) is 8. The number of alkyl halides is 1. The highest BCUT2D eigenvalue weighted by Gasteiger charge is 2.33. The second-order valence-electron chi connectivity index (χ2n) is 11.0. The molecule has 226 valence electrons. The maximum atomic E-state index is 14.8.